The normalized spacial score (nSPS) is 15.4. The van der Waals surface area contributed by atoms with Gasteiger partial charge >= 0.3 is 0 Å². The van der Waals surface area contributed by atoms with E-state index in [0.29, 0.717) is 6.54 Å². The van der Waals surface area contributed by atoms with E-state index in [2.05, 4.69) is 0 Å². The molecule has 0 fully saturated rings. The molecule has 0 aromatic carbocycles. The van der Waals surface area contributed by atoms with Crippen LogP contribution in [0.5, 0.6) is 0 Å². The molecule has 2 rings (SSSR count). The minimum absolute atomic E-state index is 0.574. The number of hydrogen-bond acceptors (Lipinski definition) is 3. The van der Waals surface area contributed by atoms with Crippen LogP contribution in [0.1, 0.15) is 29.1 Å². The molecule has 1 N–H and O–H groups in total. The second-order valence-electron chi connectivity index (χ2n) is 3.71. The predicted octanol–water partition coefficient (Wildman–Crippen LogP) is 1.90. The summed E-state index contributed by atoms with van der Waals surface area (Å²) in [5, 5.41) is 10.4. The van der Waals surface area contributed by atoms with E-state index in [1.54, 1.807) is 7.05 Å². The first kappa shape index (κ1) is 8.78. The largest absolute Gasteiger partial charge is 0.466 e. The van der Waals surface area contributed by atoms with Crippen LogP contribution in [-0.4, -0.2) is 17.3 Å². The molecule has 0 spiro atoms. The summed E-state index contributed by atoms with van der Waals surface area (Å²) in [6.07, 6.45) is 3.36. The van der Waals surface area contributed by atoms with Gasteiger partial charge in [-0.3, -0.25) is 0 Å². The fourth-order valence-corrected chi connectivity index (χ4v) is 2.04. The smallest absolute Gasteiger partial charge is 0.107 e. The van der Waals surface area contributed by atoms with E-state index in [1.165, 1.54) is 22.6 Å². The molecule has 1 aromatic heterocycles. The van der Waals surface area contributed by atoms with Gasteiger partial charge < -0.3 is 9.62 Å². The molecule has 1 heterocycles. The van der Waals surface area contributed by atoms with Crippen LogP contribution >= 0.6 is 0 Å². The molecule has 3 heteroatoms. The van der Waals surface area contributed by atoms with Crippen molar-refractivity contribution in [3.8, 4) is 0 Å². The molecule has 3 nitrogen and oxygen atoms in total. The van der Waals surface area contributed by atoms with Crippen LogP contribution in [-0.2, 0) is 19.4 Å². The Bertz CT molecular complexity index is 315. The fraction of sp³-hybridized carbons (Fsp3) is 0.600. The second kappa shape index (κ2) is 3.16. The first-order valence-electron chi connectivity index (χ1n) is 4.68. The van der Waals surface area contributed by atoms with Crippen LogP contribution in [0, 0.1) is 6.92 Å². The fourth-order valence-electron chi connectivity index (χ4n) is 2.04. The van der Waals surface area contributed by atoms with Crippen LogP contribution in [0.15, 0.2) is 4.42 Å². The lowest BCUT2D eigenvalue weighted by molar-refractivity contribution is -0.0735. The van der Waals surface area contributed by atoms with Crippen molar-refractivity contribution in [1.82, 2.24) is 5.06 Å². The third-order valence-electron chi connectivity index (χ3n) is 2.62. The van der Waals surface area contributed by atoms with Crippen molar-refractivity contribution >= 4 is 0 Å². The molecule has 0 atom stereocenters. The zero-order valence-corrected chi connectivity index (χ0v) is 8.13. The Labute approximate surface area is 77.9 Å². The number of rotatable bonds is 2. The van der Waals surface area contributed by atoms with Crippen molar-refractivity contribution in [2.75, 3.05) is 7.05 Å². The number of aryl methyl sites for hydroxylation is 2. The average Bonchev–Trinajstić information content (AvgIpc) is 2.55. The van der Waals surface area contributed by atoms with E-state index in [-0.39, 0.29) is 0 Å². The van der Waals surface area contributed by atoms with Crippen molar-refractivity contribution < 1.29 is 9.62 Å². The topological polar surface area (TPSA) is 36.6 Å². The van der Waals surface area contributed by atoms with E-state index in [0.717, 1.165) is 24.4 Å². The summed E-state index contributed by atoms with van der Waals surface area (Å²) in [5.74, 6) is 2.10. The van der Waals surface area contributed by atoms with Crippen LogP contribution in [0.3, 0.4) is 0 Å². The molecule has 0 unspecified atom stereocenters. The van der Waals surface area contributed by atoms with Crippen molar-refractivity contribution in [3.05, 3.63) is 22.6 Å². The van der Waals surface area contributed by atoms with E-state index < -0.39 is 0 Å². The molecule has 0 radical (unpaired) electrons. The zero-order chi connectivity index (χ0) is 9.42. The quantitative estimate of drug-likeness (QED) is 0.708. The summed E-state index contributed by atoms with van der Waals surface area (Å²) >= 11 is 0. The molecular weight excluding hydrogens is 166 g/mol. The molecule has 72 valence electrons. The lowest BCUT2D eigenvalue weighted by Crippen LogP contribution is -2.12. The number of hydrogen-bond donors (Lipinski definition) is 1. The van der Waals surface area contributed by atoms with Crippen LogP contribution < -0.4 is 0 Å². The summed E-state index contributed by atoms with van der Waals surface area (Å²) in [5.41, 5.74) is 2.51. The average molecular weight is 181 g/mol. The predicted molar refractivity (Wildman–Crippen MR) is 48.7 cm³/mol. The molecule has 13 heavy (non-hydrogen) atoms. The summed E-state index contributed by atoms with van der Waals surface area (Å²) in [4.78, 5) is 0. The van der Waals surface area contributed by atoms with Crippen molar-refractivity contribution in [3.63, 3.8) is 0 Å². The summed E-state index contributed by atoms with van der Waals surface area (Å²) in [6, 6.07) is 0. The maximum absolute atomic E-state index is 9.17. The van der Waals surface area contributed by atoms with E-state index in [9.17, 15) is 5.21 Å². The van der Waals surface area contributed by atoms with Gasteiger partial charge in [0.25, 0.3) is 0 Å². The van der Waals surface area contributed by atoms with E-state index >= 15 is 0 Å². The van der Waals surface area contributed by atoms with Gasteiger partial charge in [0.05, 0.1) is 6.54 Å². The molecule has 1 aromatic rings. The van der Waals surface area contributed by atoms with Crippen molar-refractivity contribution in [2.24, 2.45) is 0 Å². The Morgan fingerprint density at radius 2 is 2.23 bits per heavy atom. The minimum Gasteiger partial charge on any atom is -0.466 e. The van der Waals surface area contributed by atoms with Gasteiger partial charge in [0, 0.05) is 19.0 Å². The van der Waals surface area contributed by atoms with E-state index in [4.69, 9.17) is 4.42 Å². The standard InChI is InChI=1S/C10H15NO2/c1-7-9(6-11(2)12)8-4-3-5-10(8)13-7/h12H,3-6H2,1-2H3. The van der Waals surface area contributed by atoms with Crippen LogP contribution in [0.25, 0.3) is 0 Å². The first-order chi connectivity index (χ1) is 6.18. The number of hydroxylamine groups is 2. The van der Waals surface area contributed by atoms with Crippen LogP contribution in [0.2, 0.25) is 0 Å². The van der Waals surface area contributed by atoms with Gasteiger partial charge in [-0.2, -0.15) is 5.06 Å². The highest BCUT2D eigenvalue weighted by Crippen LogP contribution is 2.30. The monoisotopic (exact) mass is 181 g/mol. The van der Waals surface area contributed by atoms with E-state index in [1.807, 2.05) is 6.92 Å². The highest BCUT2D eigenvalue weighted by Gasteiger charge is 2.22. The Balaban J connectivity index is 2.33. The maximum Gasteiger partial charge on any atom is 0.107 e. The highest BCUT2D eigenvalue weighted by molar-refractivity contribution is 5.36. The van der Waals surface area contributed by atoms with Gasteiger partial charge in [0.1, 0.15) is 11.5 Å². The van der Waals surface area contributed by atoms with Gasteiger partial charge in [-0.25, -0.2) is 0 Å². The first-order valence-corrected chi connectivity index (χ1v) is 4.68. The number of nitrogens with zero attached hydrogens (tertiary/aromatic N) is 1. The molecule has 0 amide bonds. The minimum atomic E-state index is 0.574. The van der Waals surface area contributed by atoms with Gasteiger partial charge in [0.15, 0.2) is 0 Å². The molecular formula is C10H15NO2. The summed E-state index contributed by atoms with van der Waals surface area (Å²) in [7, 11) is 1.66. The number of fused-ring (bicyclic) bond motifs is 1. The number of furan rings is 1. The third-order valence-corrected chi connectivity index (χ3v) is 2.62. The summed E-state index contributed by atoms with van der Waals surface area (Å²) in [6.45, 7) is 2.54. The van der Waals surface area contributed by atoms with Crippen molar-refractivity contribution in [2.45, 2.75) is 32.7 Å². The molecule has 0 saturated carbocycles. The Hall–Kier alpha value is -0.800. The Morgan fingerprint density at radius 1 is 1.46 bits per heavy atom. The lowest BCUT2D eigenvalue weighted by Gasteiger charge is -2.07. The molecule has 0 saturated heterocycles. The summed E-state index contributed by atoms with van der Waals surface area (Å²) < 4.78 is 5.62. The lowest BCUT2D eigenvalue weighted by atomic mass is 10.1. The molecule has 1 aliphatic carbocycles. The SMILES string of the molecule is Cc1oc2c(c1CN(C)O)CCC2. The highest BCUT2D eigenvalue weighted by atomic mass is 16.5. The van der Waals surface area contributed by atoms with Crippen LogP contribution in [0.4, 0.5) is 0 Å². The Morgan fingerprint density at radius 3 is 2.92 bits per heavy atom. The zero-order valence-electron chi connectivity index (χ0n) is 8.13. The third kappa shape index (κ3) is 1.49. The Kier molecular flexibility index (Phi) is 2.14. The van der Waals surface area contributed by atoms with Crippen molar-refractivity contribution in [1.29, 1.82) is 0 Å². The van der Waals surface area contributed by atoms with Gasteiger partial charge in [0.2, 0.25) is 0 Å². The van der Waals surface area contributed by atoms with Gasteiger partial charge in [-0.1, -0.05) is 0 Å². The maximum atomic E-state index is 9.17. The molecule has 0 bridgehead atoms. The second-order valence-corrected chi connectivity index (χ2v) is 3.71. The molecule has 1 aliphatic rings. The molecule has 0 aliphatic heterocycles. The van der Waals surface area contributed by atoms with Gasteiger partial charge in [-0.15, -0.1) is 0 Å². The van der Waals surface area contributed by atoms with Gasteiger partial charge in [-0.05, 0) is 25.3 Å².